The van der Waals surface area contributed by atoms with Crippen LogP contribution in [-0.4, -0.2) is 37.0 Å². The lowest BCUT2D eigenvalue weighted by atomic mass is 10.2. The molecule has 0 aromatic carbocycles. The summed E-state index contributed by atoms with van der Waals surface area (Å²) in [7, 11) is 0. The van der Waals surface area contributed by atoms with Gasteiger partial charge in [-0.1, -0.05) is 26.3 Å². The standard InChI is InChI=1S/C14H25O4/c1-4-5-6-7-8-9-17-10-13(15)11-18-14(16)12(2)3/h6,13,15H,2,4-5,7-11H2,1,3H3. The highest BCUT2D eigenvalue weighted by molar-refractivity contribution is 5.86. The number of aliphatic hydroxyl groups is 1. The van der Waals surface area contributed by atoms with Gasteiger partial charge in [0.15, 0.2) is 0 Å². The molecule has 1 N–H and O–H groups in total. The highest BCUT2D eigenvalue weighted by Crippen LogP contribution is 2.01. The first-order valence-corrected chi connectivity index (χ1v) is 6.48. The van der Waals surface area contributed by atoms with Crippen LogP contribution < -0.4 is 0 Å². The summed E-state index contributed by atoms with van der Waals surface area (Å²) in [5, 5.41) is 9.48. The van der Waals surface area contributed by atoms with E-state index in [9.17, 15) is 9.90 Å². The van der Waals surface area contributed by atoms with Crippen LogP contribution in [0.1, 0.15) is 39.5 Å². The molecule has 1 atom stereocenters. The summed E-state index contributed by atoms with van der Waals surface area (Å²) in [5.41, 5.74) is 0.328. The maximum Gasteiger partial charge on any atom is 0.333 e. The summed E-state index contributed by atoms with van der Waals surface area (Å²) < 4.78 is 10.1. The number of hydrogen-bond acceptors (Lipinski definition) is 4. The summed E-state index contributed by atoms with van der Waals surface area (Å²) in [6.07, 6.45) is 5.78. The number of ether oxygens (including phenoxy) is 2. The fraction of sp³-hybridized carbons (Fsp3) is 0.714. The van der Waals surface area contributed by atoms with Gasteiger partial charge in [-0.2, -0.15) is 0 Å². The lowest BCUT2D eigenvalue weighted by Crippen LogP contribution is -2.24. The van der Waals surface area contributed by atoms with Gasteiger partial charge in [0.05, 0.1) is 6.61 Å². The smallest absolute Gasteiger partial charge is 0.333 e. The Bertz CT molecular complexity index is 238. The molecule has 0 aliphatic carbocycles. The minimum absolute atomic E-state index is 0.0480. The Morgan fingerprint density at radius 2 is 2.11 bits per heavy atom. The molecule has 0 saturated heterocycles. The van der Waals surface area contributed by atoms with E-state index >= 15 is 0 Å². The third-order valence-corrected chi connectivity index (χ3v) is 2.26. The number of aliphatic hydroxyl groups excluding tert-OH is 1. The van der Waals surface area contributed by atoms with Gasteiger partial charge in [0.2, 0.25) is 0 Å². The Morgan fingerprint density at radius 1 is 1.39 bits per heavy atom. The van der Waals surface area contributed by atoms with Crippen LogP contribution in [0.25, 0.3) is 0 Å². The van der Waals surface area contributed by atoms with Gasteiger partial charge in [0.1, 0.15) is 12.7 Å². The molecule has 0 aromatic heterocycles. The van der Waals surface area contributed by atoms with Crippen LogP contribution in [0.15, 0.2) is 12.2 Å². The van der Waals surface area contributed by atoms with Crippen molar-refractivity contribution in [3.63, 3.8) is 0 Å². The zero-order chi connectivity index (χ0) is 13.8. The van der Waals surface area contributed by atoms with Gasteiger partial charge >= 0.3 is 5.97 Å². The lowest BCUT2D eigenvalue weighted by Gasteiger charge is -2.11. The van der Waals surface area contributed by atoms with Crippen molar-refractivity contribution in [3.8, 4) is 0 Å². The zero-order valence-electron chi connectivity index (χ0n) is 11.5. The number of carbonyl (C=O) groups excluding carboxylic acids is 1. The number of unbranched alkanes of at least 4 members (excludes halogenated alkanes) is 4. The van der Waals surface area contributed by atoms with E-state index in [4.69, 9.17) is 9.47 Å². The van der Waals surface area contributed by atoms with Crippen LogP contribution >= 0.6 is 0 Å². The molecule has 1 radical (unpaired) electrons. The van der Waals surface area contributed by atoms with Gasteiger partial charge in [0, 0.05) is 12.2 Å². The van der Waals surface area contributed by atoms with E-state index in [2.05, 4.69) is 19.9 Å². The van der Waals surface area contributed by atoms with Crippen LogP contribution in [-0.2, 0) is 14.3 Å². The fourth-order valence-corrected chi connectivity index (χ4v) is 1.24. The Balaban J connectivity index is 3.34. The van der Waals surface area contributed by atoms with Crippen molar-refractivity contribution in [3.05, 3.63) is 18.6 Å². The van der Waals surface area contributed by atoms with Gasteiger partial charge in [-0.25, -0.2) is 4.79 Å². The largest absolute Gasteiger partial charge is 0.460 e. The molecule has 0 amide bonds. The highest BCUT2D eigenvalue weighted by Gasteiger charge is 2.09. The van der Waals surface area contributed by atoms with Crippen LogP contribution in [0.3, 0.4) is 0 Å². The number of rotatable bonds is 11. The van der Waals surface area contributed by atoms with Gasteiger partial charge in [-0.3, -0.25) is 0 Å². The molecule has 0 heterocycles. The summed E-state index contributed by atoms with van der Waals surface area (Å²) in [4.78, 5) is 11.0. The van der Waals surface area contributed by atoms with Crippen LogP contribution in [0.4, 0.5) is 0 Å². The van der Waals surface area contributed by atoms with Gasteiger partial charge in [-0.05, 0) is 26.2 Å². The van der Waals surface area contributed by atoms with E-state index in [1.807, 2.05) is 0 Å². The normalized spacial score (nSPS) is 12.2. The Kier molecular flexibility index (Phi) is 10.7. The molecule has 0 bridgehead atoms. The van der Waals surface area contributed by atoms with E-state index in [-0.39, 0.29) is 13.2 Å². The van der Waals surface area contributed by atoms with Crippen molar-refractivity contribution in [2.75, 3.05) is 19.8 Å². The molecule has 0 aromatic rings. The molecule has 18 heavy (non-hydrogen) atoms. The quantitative estimate of drug-likeness (QED) is 0.350. The molecule has 0 rings (SSSR count). The molecular formula is C14H25O4. The van der Waals surface area contributed by atoms with Crippen molar-refractivity contribution < 1.29 is 19.4 Å². The second-order valence-corrected chi connectivity index (χ2v) is 4.33. The average molecular weight is 257 g/mol. The number of esters is 1. The minimum atomic E-state index is -0.770. The van der Waals surface area contributed by atoms with Crippen LogP contribution in [0.5, 0.6) is 0 Å². The summed E-state index contributed by atoms with van der Waals surface area (Å²) in [6, 6.07) is 0. The Morgan fingerprint density at radius 3 is 2.72 bits per heavy atom. The number of carbonyl (C=O) groups is 1. The third kappa shape index (κ3) is 10.3. The molecule has 105 valence electrons. The van der Waals surface area contributed by atoms with Gasteiger partial charge < -0.3 is 14.6 Å². The van der Waals surface area contributed by atoms with Gasteiger partial charge in [0.25, 0.3) is 0 Å². The first-order chi connectivity index (χ1) is 8.57. The molecule has 0 aliphatic heterocycles. The Hall–Kier alpha value is -0.870. The van der Waals surface area contributed by atoms with Crippen LogP contribution in [0, 0.1) is 6.42 Å². The summed E-state index contributed by atoms with van der Waals surface area (Å²) in [6.45, 7) is 7.93. The predicted octanol–water partition coefficient (Wildman–Crippen LogP) is 2.27. The summed E-state index contributed by atoms with van der Waals surface area (Å²) in [5.74, 6) is -0.483. The third-order valence-electron chi connectivity index (χ3n) is 2.26. The predicted molar refractivity (Wildman–Crippen MR) is 71.0 cm³/mol. The average Bonchev–Trinajstić information content (AvgIpc) is 2.34. The van der Waals surface area contributed by atoms with E-state index in [0.717, 1.165) is 19.3 Å². The molecule has 0 fully saturated rings. The topological polar surface area (TPSA) is 55.8 Å². The van der Waals surface area contributed by atoms with E-state index < -0.39 is 12.1 Å². The molecule has 0 saturated carbocycles. The second kappa shape index (κ2) is 11.2. The molecule has 1 unspecified atom stereocenters. The summed E-state index contributed by atoms with van der Waals surface area (Å²) >= 11 is 0. The molecular weight excluding hydrogens is 232 g/mol. The van der Waals surface area contributed by atoms with Crippen molar-refractivity contribution in [1.29, 1.82) is 0 Å². The fourth-order valence-electron chi connectivity index (χ4n) is 1.24. The van der Waals surface area contributed by atoms with E-state index in [0.29, 0.717) is 12.2 Å². The maximum absolute atomic E-state index is 11.0. The van der Waals surface area contributed by atoms with Crippen molar-refractivity contribution in [1.82, 2.24) is 0 Å². The maximum atomic E-state index is 11.0. The first-order valence-electron chi connectivity index (χ1n) is 6.48. The van der Waals surface area contributed by atoms with Crippen molar-refractivity contribution >= 4 is 5.97 Å². The minimum Gasteiger partial charge on any atom is -0.460 e. The molecule has 0 spiro atoms. The molecule has 4 heteroatoms. The van der Waals surface area contributed by atoms with E-state index in [1.165, 1.54) is 6.42 Å². The van der Waals surface area contributed by atoms with Crippen LogP contribution in [0.2, 0.25) is 0 Å². The zero-order valence-corrected chi connectivity index (χ0v) is 11.5. The Labute approximate surface area is 110 Å². The van der Waals surface area contributed by atoms with E-state index in [1.54, 1.807) is 6.92 Å². The van der Waals surface area contributed by atoms with Crippen molar-refractivity contribution in [2.24, 2.45) is 0 Å². The highest BCUT2D eigenvalue weighted by atomic mass is 16.5. The second-order valence-electron chi connectivity index (χ2n) is 4.33. The first kappa shape index (κ1) is 17.1. The van der Waals surface area contributed by atoms with Gasteiger partial charge in [-0.15, -0.1) is 0 Å². The SMILES string of the molecule is C=C(C)C(=O)OCC(O)COCCC[CH]CCC. The number of hydrogen-bond donors (Lipinski definition) is 1. The lowest BCUT2D eigenvalue weighted by molar-refractivity contribution is -0.143. The van der Waals surface area contributed by atoms with Crippen molar-refractivity contribution in [2.45, 2.75) is 45.6 Å². The molecule has 4 nitrogen and oxygen atoms in total. The monoisotopic (exact) mass is 257 g/mol. The molecule has 0 aliphatic rings.